The Kier molecular flexibility index (Phi) is 4.22. The van der Waals surface area contributed by atoms with E-state index >= 15 is 0 Å². The van der Waals surface area contributed by atoms with Gasteiger partial charge in [0.15, 0.2) is 11.6 Å². The number of nitrogens with zero attached hydrogens (tertiary/aromatic N) is 2. The fourth-order valence-electron chi connectivity index (χ4n) is 3.37. The summed E-state index contributed by atoms with van der Waals surface area (Å²) >= 11 is 0. The predicted octanol–water partition coefficient (Wildman–Crippen LogP) is 3.89. The minimum Gasteiger partial charge on any atom is -0.335 e. The molecule has 3 heterocycles. The molecule has 1 aromatic carbocycles. The molecule has 0 aliphatic heterocycles. The highest BCUT2D eigenvalue weighted by atomic mass is 19.2. The summed E-state index contributed by atoms with van der Waals surface area (Å²) in [7, 11) is 1.63. The first kappa shape index (κ1) is 17.9. The number of carbonyl (C=O) groups is 1. The van der Waals surface area contributed by atoms with Crippen LogP contribution in [0.15, 0.2) is 59.8 Å². The van der Waals surface area contributed by atoms with E-state index in [2.05, 4.69) is 4.98 Å². The maximum Gasteiger partial charge on any atom is 0.255 e. The van der Waals surface area contributed by atoms with Crippen molar-refractivity contribution in [1.82, 2.24) is 14.3 Å². The van der Waals surface area contributed by atoms with Gasteiger partial charge >= 0.3 is 0 Å². The smallest absolute Gasteiger partial charge is 0.255 e. The van der Waals surface area contributed by atoms with E-state index in [-0.39, 0.29) is 16.7 Å². The number of H-pyrrole nitrogens is 1. The zero-order valence-corrected chi connectivity index (χ0v) is 15.2. The van der Waals surface area contributed by atoms with Gasteiger partial charge in [-0.1, -0.05) is 0 Å². The molecule has 0 aliphatic rings. The molecule has 0 saturated heterocycles. The van der Waals surface area contributed by atoms with Crippen LogP contribution in [0.1, 0.15) is 28.9 Å². The Balaban J connectivity index is 1.75. The van der Waals surface area contributed by atoms with Gasteiger partial charge in [-0.15, -0.1) is 0 Å². The van der Waals surface area contributed by atoms with E-state index in [4.69, 9.17) is 0 Å². The standard InChI is InChI=1S/C21H17F2N3O2/c1-12(17-10-24-20(27)16-9-19(23)18(22)8-15(16)17)25(2)21(28)13-5-6-14-4-3-7-26(14)11-13/h3-12H,1-2H3,(H,24,27). The lowest BCUT2D eigenvalue weighted by atomic mass is 10.0. The molecule has 0 aliphatic carbocycles. The third kappa shape index (κ3) is 2.85. The van der Waals surface area contributed by atoms with Gasteiger partial charge < -0.3 is 14.3 Å². The Bertz CT molecular complexity index is 1280. The van der Waals surface area contributed by atoms with Gasteiger partial charge in [0, 0.05) is 31.2 Å². The monoisotopic (exact) mass is 381 g/mol. The number of aromatic nitrogens is 2. The van der Waals surface area contributed by atoms with Crippen molar-refractivity contribution in [3.8, 4) is 0 Å². The topological polar surface area (TPSA) is 57.6 Å². The van der Waals surface area contributed by atoms with Crippen molar-refractivity contribution in [2.45, 2.75) is 13.0 Å². The molecule has 0 spiro atoms. The minimum absolute atomic E-state index is 0.0397. The number of aromatic amines is 1. The Morgan fingerprint density at radius 1 is 1.14 bits per heavy atom. The van der Waals surface area contributed by atoms with Crippen molar-refractivity contribution >= 4 is 22.2 Å². The van der Waals surface area contributed by atoms with Crippen molar-refractivity contribution in [3.63, 3.8) is 0 Å². The zero-order chi connectivity index (χ0) is 20.0. The fourth-order valence-corrected chi connectivity index (χ4v) is 3.37. The second-order valence-electron chi connectivity index (χ2n) is 6.74. The molecule has 0 saturated carbocycles. The number of pyridine rings is 2. The molecule has 0 radical (unpaired) electrons. The molecule has 1 amide bonds. The van der Waals surface area contributed by atoms with Gasteiger partial charge in [-0.2, -0.15) is 0 Å². The average Bonchev–Trinajstić information content (AvgIpc) is 3.16. The summed E-state index contributed by atoms with van der Waals surface area (Å²) in [6.45, 7) is 1.76. The number of rotatable bonds is 3. The largest absolute Gasteiger partial charge is 0.335 e. The highest BCUT2D eigenvalue weighted by Gasteiger charge is 2.22. The average molecular weight is 381 g/mol. The summed E-state index contributed by atoms with van der Waals surface area (Å²) in [6, 6.07) is 8.78. The van der Waals surface area contributed by atoms with E-state index in [0.717, 1.165) is 17.6 Å². The normalized spacial score (nSPS) is 12.4. The summed E-state index contributed by atoms with van der Waals surface area (Å²) < 4.78 is 29.2. The van der Waals surface area contributed by atoms with E-state index < -0.39 is 23.2 Å². The molecule has 0 bridgehead atoms. The molecule has 1 atom stereocenters. The molecule has 7 heteroatoms. The van der Waals surface area contributed by atoms with E-state index in [0.29, 0.717) is 11.1 Å². The van der Waals surface area contributed by atoms with Crippen LogP contribution in [0.25, 0.3) is 16.3 Å². The highest BCUT2D eigenvalue weighted by Crippen LogP contribution is 2.27. The molecule has 3 aromatic heterocycles. The lowest BCUT2D eigenvalue weighted by Crippen LogP contribution is -2.30. The number of carbonyl (C=O) groups excluding carboxylic acids is 1. The molecule has 142 valence electrons. The molecular formula is C21H17F2N3O2. The van der Waals surface area contributed by atoms with E-state index in [1.54, 1.807) is 26.2 Å². The number of nitrogens with one attached hydrogen (secondary N) is 1. The number of amides is 1. The summed E-state index contributed by atoms with van der Waals surface area (Å²) in [5.74, 6) is -2.36. The Hall–Kier alpha value is -3.48. The van der Waals surface area contributed by atoms with Crippen LogP contribution in [0.4, 0.5) is 8.78 Å². The molecule has 4 aromatic rings. The van der Waals surface area contributed by atoms with Gasteiger partial charge in [0.1, 0.15) is 0 Å². The maximum atomic E-state index is 13.8. The molecule has 0 fully saturated rings. The molecule has 1 N–H and O–H groups in total. The Morgan fingerprint density at radius 3 is 2.61 bits per heavy atom. The van der Waals surface area contributed by atoms with Gasteiger partial charge in [0.2, 0.25) is 0 Å². The fraction of sp³-hybridized carbons (Fsp3) is 0.143. The quantitative estimate of drug-likeness (QED) is 0.585. The third-order valence-electron chi connectivity index (χ3n) is 5.10. The summed E-state index contributed by atoms with van der Waals surface area (Å²) in [5.41, 5.74) is 1.46. The van der Waals surface area contributed by atoms with Gasteiger partial charge in [-0.25, -0.2) is 8.78 Å². The number of halogens is 2. The number of benzene rings is 1. The zero-order valence-electron chi connectivity index (χ0n) is 15.2. The SMILES string of the molecule is CC(c1c[nH]c(=O)c2cc(F)c(F)cc12)N(C)C(=O)c1ccc2cccn2c1. The second-order valence-corrected chi connectivity index (χ2v) is 6.74. The van der Waals surface area contributed by atoms with Crippen LogP contribution in [-0.4, -0.2) is 27.2 Å². The lowest BCUT2D eigenvalue weighted by molar-refractivity contribution is 0.0743. The first-order valence-corrected chi connectivity index (χ1v) is 8.71. The number of hydrogen-bond donors (Lipinski definition) is 1. The van der Waals surface area contributed by atoms with Crippen LogP contribution in [0, 0.1) is 11.6 Å². The molecule has 4 rings (SSSR count). The van der Waals surface area contributed by atoms with E-state index in [9.17, 15) is 18.4 Å². The van der Waals surface area contributed by atoms with E-state index in [1.807, 2.05) is 28.8 Å². The van der Waals surface area contributed by atoms with Crippen LogP contribution in [-0.2, 0) is 0 Å². The summed E-state index contributed by atoms with van der Waals surface area (Å²) in [6.07, 6.45) is 5.02. The van der Waals surface area contributed by atoms with Crippen molar-refractivity contribution in [2.75, 3.05) is 7.05 Å². The Morgan fingerprint density at radius 2 is 1.86 bits per heavy atom. The molecule has 28 heavy (non-hydrogen) atoms. The first-order chi connectivity index (χ1) is 13.4. The van der Waals surface area contributed by atoms with Gasteiger partial charge in [0.05, 0.1) is 17.0 Å². The lowest BCUT2D eigenvalue weighted by Gasteiger charge is -2.26. The van der Waals surface area contributed by atoms with Crippen LogP contribution in [0.2, 0.25) is 0 Å². The molecular weight excluding hydrogens is 364 g/mol. The van der Waals surface area contributed by atoms with Crippen molar-refractivity contribution in [3.05, 3.63) is 88.1 Å². The summed E-state index contributed by atoms with van der Waals surface area (Å²) in [4.78, 5) is 29.0. The van der Waals surface area contributed by atoms with Crippen molar-refractivity contribution in [1.29, 1.82) is 0 Å². The third-order valence-corrected chi connectivity index (χ3v) is 5.10. The first-order valence-electron chi connectivity index (χ1n) is 8.71. The van der Waals surface area contributed by atoms with Crippen LogP contribution >= 0.6 is 0 Å². The predicted molar refractivity (Wildman–Crippen MR) is 102 cm³/mol. The molecule has 5 nitrogen and oxygen atoms in total. The van der Waals surface area contributed by atoms with Crippen LogP contribution in [0.5, 0.6) is 0 Å². The number of fused-ring (bicyclic) bond motifs is 2. The van der Waals surface area contributed by atoms with Crippen LogP contribution < -0.4 is 5.56 Å². The molecule has 1 unspecified atom stereocenters. The Labute approximate surface area is 158 Å². The highest BCUT2D eigenvalue weighted by molar-refractivity contribution is 5.95. The van der Waals surface area contributed by atoms with Crippen molar-refractivity contribution < 1.29 is 13.6 Å². The van der Waals surface area contributed by atoms with Gasteiger partial charge in [-0.3, -0.25) is 9.59 Å². The maximum absolute atomic E-state index is 13.8. The number of hydrogen-bond acceptors (Lipinski definition) is 2. The summed E-state index contributed by atoms with van der Waals surface area (Å²) in [5, 5.41) is 0.313. The van der Waals surface area contributed by atoms with Gasteiger partial charge in [0.25, 0.3) is 11.5 Å². The van der Waals surface area contributed by atoms with Gasteiger partial charge in [-0.05, 0) is 54.3 Å². The van der Waals surface area contributed by atoms with Crippen LogP contribution in [0.3, 0.4) is 0 Å². The van der Waals surface area contributed by atoms with E-state index in [1.165, 1.54) is 11.1 Å². The second kappa shape index (κ2) is 6.60. The minimum atomic E-state index is -1.09. The van der Waals surface area contributed by atoms with Crippen molar-refractivity contribution in [2.24, 2.45) is 0 Å².